The molecular weight excluding hydrogens is 271 g/mol. The van der Waals surface area contributed by atoms with E-state index in [1.165, 1.54) is 6.07 Å². The molecule has 0 spiro atoms. The molecule has 108 valence electrons. The van der Waals surface area contributed by atoms with Crippen LogP contribution < -0.4 is 15.0 Å². The number of carbonyl (C=O) groups excluding carboxylic acids is 1. The van der Waals surface area contributed by atoms with Crippen LogP contribution in [0.5, 0.6) is 5.75 Å². The van der Waals surface area contributed by atoms with E-state index in [1.54, 1.807) is 18.2 Å². The van der Waals surface area contributed by atoms with Crippen LogP contribution in [-0.2, 0) is 4.79 Å². The molecule has 1 heterocycles. The third kappa shape index (κ3) is 2.97. The molecule has 0 saturated heterocycles. The Morgan fingerprint density at radius 1 is 1.19 bits per heavy atom. The number of anilines is 2. The molecular formula is C16H15FN2O2. The number of ether oxygens (including phenoxy) is 1. The molecule has 21 heavy (non-hydrogen) atoms. The summed E-state index contributed by atoms with van der Waals surface area (Å²) in [4.78, 5) is 14.0. The molecule has 2 aromatic carbocycles. The first-order valence-electron chi connectivity index (χ1n) is 6.75. The number of fused-ring (bicyclic) bond motifs is 1. The van der Waals surface area contributed by atoms with Crippen LogP contribution >= 0.6 is 0 Å². The summed E-state index contributed by atoms with van der Waals surface area (Å²) in [5.41, 5.74) is 1.08. The number of amides is 1. The second-order valence-corrected chi connectivity index (χ2v) is 4.77. The van der Waals surface area contributed by atoms with Crippen molar-refractivity contribution in [2.45, 2.75) is 0 Å². The quantitative estimate of drug-likeness (QED) is 0.943. The van der Waals surface area contributed by atoms with Gasteiger partial charge < -0.3 is 15.0 Å². The van der Waals surface area contributed by atoms with E-state index in [0.717, 1.165) is 11.4 Å². The van der Waals surface area contributed by atoms with Crippen LogP contribution in [0.25, 0.3) is 0 Å². The lowest BCUT2D eigenvalue weighted by Crippen LogP contribution is -2.38. The lowest BCUT2D eigenvalue weighted by Gasteiger charge is -2.30. The van der Waals surface area contributed by atoms with Crippen molar-refractivity contribution in [3.8, 4) is 5.75 Å². The van der Waals surface area contributed by atoms with Gasteiger partial charge in [0.15, 0.2) is 0 Å². The summed E-state index contributed by atoms with van der Waals surface area (Å²) in [6, 6.07) is 13.7. The molecule has 3 rings (SSSR count). The van der Waals surface area contributed by atoms with Crippen molar-refractivity contribution in [2.24, 2.45) is 0 Å². The zero-order valence-electron chi connectivity index (χ0n) is 11.4. The SMILES string of the molecule is O=C(CN1CCOc2ccccc21)Nc1ccccc1F. The van der Waals surface area contributed by atoms with Crippen LogP contribution in [0.3, 0.4) is 0 Å². The molecule has 2 aromatic rings. The first-order chi connectivity index (χ1) is 10.2. The highest BCUT2D eigenvalue weighted by atomic mass is 19.1. The Morgan fingerprint density at radius 3 is 2.81 bits per heavy atom. The lowest BCUT2D eigenvalue weighted by molar-refractivity contribution is -0.115. The van der Waals surface area contributed by atoms with Gasteiger partial charge >= 0.3 is 0 Å². The number of nitrogens with one attached hydrogen (secondary N) is 1. The van der Waals surface area contributed by atoms with Gasteiger partial charge in [-0.2, -0.15) is 0 Å². The summed E-state index contributed by atoms with van der Waals surface area (Å²) in [6.45, 7) is 1.32. The van der Waals surface area contributed by atoms with Gasteiger partial charge in [-0.15, -0.1) is 0 Å². The van der Waals surface area contributed by atoms with Crippen LogP contribution in [0.1, 0.15) is 0 Å². The van der Waals surface area contributed by atoms with E-state index >= 15 is 0 Å². The highest BCUT2D eigenvalue weighted by Crippen LogP contribution is 2.30. The van der Waals surface area contributed by atoms with E-state index in [0.29, 0.717) is 13.2 Å². The smallest absolute Gasteiger partial charge is 0.243 e. The number of nitrogens with zero attached hydrogens (tertiary/aromatic N) is 1. The van der Waals surface area contributed by atoms with E-state index in [1.807, 2.05) is 29.2 Å². The maximum atomic E-state index is 13.5. The van der Waals surface area contributed by atoms with Crippen molar-refractivity contribution >= 4 is 17.3 Å². The Hall–Kier alpha value is -2.56. The fraction of sp³-hybridized carbons (Fsp3) is 0.188. The van der Waals surface area contributed by atoms with Crippen LogP contribution in [0, 0.1) is 5.82 Å². The van der Waals surface area contributed by atoms with Crippen LogP contribution in [0.15, 0.2) is 48.5 Å². The first kappa shape index (κ1) is 13.4. The molecule has 0 radical (unpaired) electrons. The maximum absolute atomic E-state index is 13.5. The summed E-state index contributed by atoms with van der Waals surface area (Å²) in [5, 5.41) is 2.59. The van der Waals surface area contributed by atoms with Crippen molar-refractivity contribution in [2.75, 3.05) is 29.9 Å². The van der Waals surface area contributed by atoms with Gasteiger partial charge in [-0.05, 0) is 24.3 Å². The number of benzene rings is 2. The monoisotopic (exact) mass is 286 g/mol. The molecule has 5 heteroatoms. The number of para-hydroxylation sites is 3. The molecule has 1 aliphatic heterocycles. The van der Waals surface area contributed by atoms with E-state index < -0.39 is 5.82 Å². The Morgan fingerprint density at radius 2 is 1.95 bits per heavy atom. The molecule has 0 fully saturated rings. The zero-order chi connectivity index (χ0) is 14.7. The van der Waals surface area contributed by atoms with E-state index in [4.69, 9.17) is 4.74 Å². The average Bonchev–Trinajstić information content (AvgIpc) is 2.50. The zero-order valence-corrected chi connectivity index (χ0v) is 11.4. The predicted molar refractivity (Wildman–Crippen MR) is 79.2 cm³/mol. The minimum atomic E-state index is -0.437. The second-order valence-electron chi connectivity index (χ2n) is 4.77. The minimum absolute atomic E-state index is 0.161. The normalized spacial score (nSPS) is 13.3. The van der Waals surface area contributed by atoms with Gasteiger partial charge in [0.05, 0.1) is 24.5 Å². The largest absolute Gasteiger partial charge is 0.490 e. The number of rotatable bonds is 3. The van der Waals surface area contributed by atoms with Gasteiger partial charge in [0.25, 0.3) is 0 Å². The average molecular weight is 286 g/mol. The van der Waals surface area contributed by atoms with Crippen LogP contribution in [0.4, 0.5) is 15.8 Å². The van der Waals surface area contributed by atoms with E-state index in [-0.39, 0.29) is 18.1 Å². The topological polar surface area (TPSA) is 41.6 Å². The summed E-state index contributed by atoms with van der Waals surface area (Å²) in [6.07, 6.45) is 0. The van der Waals surface area contributed by atoms with Gasteiger partial charge in [-0.3, -0.25) is 4.79 Å². The minimum Gasteiger partial charge on any atom is -0.490 e. The van der Waals surface area contributed by atoms with Gasteiger partial charge in [-0.25, -0.2) is 4.39 Å². The summed E-state index contributed by atoms with van der Waals surface area (Å²) < 4.78 is 19.1. The molecule has 1 amide bonds. The highest BCUT2D eigenvalue weighted by molar-refractivity contribution is 5.94. The molecule has 0 atom stereocenters. The van der Waals surface area contributed by atoms with Crippen molar-refractivity contribution in [3.05, 3.63) is 54.3 Å². The Bertz CT molecular complexity index is 660. The van der Waals surface area contributed by atoms with Crippen molar-refractivity contribution < 1.29 is 13.9 Å². The van der Waals surface area contributed by atoms with Gasteiger partial charge in [0, 0.05) is 0 Å². The third-order valence-corrected chi connectivity index (χ3v) is 3.31. The Labute approximate surface area is 122 Å². The maximum Gasteiger partial charge on any atom is 0.243 e. The Balaban J connectivity index is 1.70. The molecule has 4 nitrogen and oxygen atoms in total. The number of halogens is 1. The fourth-order valence-electron chi connectivity index (χ4n) is 2.32. The molecule has 0 bridgehead atoms. The van der Waals surface area contributed by atoms with Crippen LogP contribution in [-0.4, -0.2) is 25.6 Å². The summed E-state index contributed by atoms with van der Waals surface area (Å²) in [5.74, 6) is 0.0764. The Kier molecular flexibility index (Phi) is 3.73. The van der Waals surface area contributed by atoms with E-state index in [9.17, 15) is 9.18 Å². The van der Waals surface area contributed by atoms with Crippen molar-refractivity contribution in [1.29, 1.82) is 0 Å². The van der Waals surface area contributed by atoms with E-state index in [2.05, 4.69) is 5.32 Å². The predicted octanol–water partition coefficient (Wildman–Crippen LogP) is 2.66. The third-order valence-electron chi connectivity index (χ3n) is 3.31. The highest BCUT2D eigenvalue weighted by Gasteiger charge is 2.20. The molecule has 0 aliphatic carbocycles. The van der Waals surface area contributed by atoms with Crippen molar-refractivity contribution in [3.63, 3.8) is 0 Å². The number of hydrogen-bond donors (Lipinski definition) is 1. The molecule has 0 saturated carbocycles. The fourth-order valence-corrected chi connectivity index (χ4v) is 2.32. The van der Waals surface area contributed by atoms with Gasteiger partial charge in [0.1, 0.15) is 18.2 Å². The molecule has 1 N–H and O–H groups in total. The van der Waals surface area contributed by atoms with Gasteiger partial charge in [-0.1, -0.05) is 24.3 Å². The molecule has 0 aromatic heterocycles. The molecule has 1 aliphatic rings. The first-order valence-corrected chi connectivity index (χ1v) is 6.75. The standard InChI is InChI=1S/C16H15FN2O2/c17-12-5-1-2-6-13(12)18-16(20)11-19-9-10-21-15-8-4-3-7-14(15)19/h1-8H,9-11H2,(H,18,20). The summed E-state index contributed by atoms with van der Waals surface area (Å²) >= 11 is 0. The summed E-state index contributed by atoms with van der Waals surface area (Å²) in [7, 11) is 0. The number of hydrogen-bond acceptors (Lipinski definition) is 3. The number of carbonyl (C=O) groups is 1. The molecule has 0 unspecified atom stereocenters. The van der Waals surface area contributed by atoms with Crippen LogP contribution in [0.2, 0.25) is 0 Å². The lowest BCUT2D eigenvalue weighted by atomic mass is 10.2. The van der Waals surface area contributed by atoms with Gasteiger partial charge in [0.2, 0.25) is 5.91 Å². The second kappa shape index (κ2) is 5.83. The van der Waals surface area contributed by atoms with Crippen molar-refractivity contribution in [1.82, 2.24) is 0 Å².